The van der Waals surface area contributed by atoms with Gasteiger partial charge in [-0.1, -0.05) is 13.3 Å². The number of piperidine rings is 3. The van der Waals surface area contributed by atoms with Gasteiger partial charge in [0.2, 0.25) is 11.8 Å². The van der Waals surface area contributed by atoms with Gasteiger partial charge in [-0.3, -0.25) is 19.4 Å². The second-order valence-corrected chi connectivity index (χ2v) is 13.1. The zero-order valence-electron chi connectivity index (χ0n) is 24.0. The maximum atomic E-state index is 14.9. The number of hydrogen-bond acceptors (Lipinski definition) is 7. The molecule has 2 amide bonds. The third kappa shape index (κ3) is 6.45. The summed E-state index contributed by atoms with van der Waals surface area (Å²) in [5.74, 6) is -0.211. The van der Waals surface area contributed by atoms with Crippen molar-refractivity contribution in [1.29, 1.82) is 0 Å². The Hall–Kier alpha value is -1.33. The molecule has 0 spiro atoms. The summed E-state index contributed by atoms with van der Waals surface area (Å²) in [4.78, 5) is 33.4. The van der Waals surface area contributed by atoms with Gasteiger partial charge in [-0.25, -0.2) is 4.39 Å². The minimum absolute atomic E-state index is 0.0484. The highest BCUT2D eigenvalue weighted by Gasteiger charge is 2.47. The molecule has 0 aliphatic carbocycles. The smallest absolute Gasteiger partial charge is 0.227 e. The van der Waals surface area contributed by atoms with Crippen LogP contribution in [0.5, 0.6) is 0 Å². The summed E-state index contributed by atoms with van der Waals surface area (Å²) in [6, 6.07) is 0.0282. The minimum Gasteiger partial charge on any atom is -0.350 e. The first kappa shape index (κ1) is 29.2. The molecule has 10 heteroatoms. The zero-order chi connectivity index (χ0) is 27.6. The fraction of sp³-hybridized carbons (Fsp3) is 0.931. The average Bonchev–Trinajstić information content (AvgIpc) is 3.01. The van der Waals surface area contributed by atoms with Gasteiger partial charge < -0.3 is 27.0 Å². The molecule has 0 radical (unpaired) electrons. The lowest BCUT2D eigenvalue weighted by atomic mass is 9.68. The molecule has 6 rings (SSSR count). The number of halogens is 1. The van der Waals surface area contributed by atoms with Crippen LogP contribution in [0.1, 0.15) is 71.1 Å². The van der Waals surface area contributed by atoms with Crippen LogP contribution in [0, 0.1) is 17.3 Å². The number of rotatable bonds is 7. The molecule has 2 bridgehead atoms. The molecule has 0 aromatic carbocycles. The zero-order valence-corrected chi connectivity index (χ0v) is 24.0. The van der Waals surface area contributed by atoms with E-state index in [9.17, 15) is 14.0 Å². The number of alkyl halides is 1. The van der Waals surface area contributed by atoms with Crippen LogP contribution in [-0.2, 0) is 9.59 Å². The lowest BCUT2D eigenvalue weighted by Crippen LogP contribution is -2.65. The quantitative estimate of drug-likeness (QED) is 0.350. The monoisotopic (exact) mass is 549 g/mol. The van der Waals surface area contributed by atoms with E-state index in [-0.39, 0.29) is 35.4 Å². The van der Waals surface area contributed by atoms with Crippen molar-refractivity contribution in [2.24, 2.45) is 28.7 Å². The number of fused-ring (bicyclic) bond motifs is 6. The van der Waals surface area contributed by atoms with Crippen LogP contribution < -0.4 is 22.1 Å². The highest BCUT2D eigenvalue weighted by Crippen LogP contribution is 2.45. The van der Waals surface area contributed by atoms with E-state index in [1.54, 1.807) is 0 Å². The summed E-state index contributed by atoms with van der Waals surface area (Å²) in [5, 5.41) is 6.83. The topological polar surface area (TPSA) is 120 Å². The van der Waals surface area contributed by atoms with E-state index >= 15 is 0 Å². The Morgan fingerprint density at radius 1 is 1.03 bits per heavy atom. The SMILES string of the molecule is CCC12CCCC(F)CN(CC1)C(C(C(=O)NC1CNCCC1N1CCC(C(=O)N3CCC3)CC1)C(N)N)C2. The number of carbonyl (C=O) groups excluding carboxylic acids is 2. The van der Waals surface area contributed by atoms with Crippen molar-refractivity contribution < 1.29 is 14.0 Å². The number of carbonyl (C=O) groups is 2. The van der Waals surface area contributed by atoms with Crippen molar-refractivity contribution in [2.45, 2.75) is 102 Å². The Labute approximate surface area is 233 Å². The van der Waals surface area contributed by atoms with Crippen molar-refractivity contribution >= 4 is 11.8 Å². The molecule has 6 heterocycles. The van der Waals surface area contributed by atoms with Crippen molar-refractivity contribution in [1.82, 2.24) is 25.3 Å². The van der Waals surface area contributed by atoms with Gasteiger partial charge in [0, 0.05) is 44.2 Å². The fourth-order valence-electron chi connectivity index (χ4n) is 8.16. The number of likely N-dealkylation sites (tertiary alicyclic amines) is 2. The lowest BCUT2D eigenvalue weighted by molar-refractivity contribution is -0.140. The normalized spacial score (nSPS) is 37.5. The third-order valence-corrected chi connectivity index (χ3v) is 10.9. The van der Waals surface area contributed by atoms with Gasteiger partial charge in [0.1, 0.15) is 6.17 Å². The van der Waals surface area contributed by atoms with Crippen molar-refractivity contribution in [3.8, 4) is 0 Å². The van der Waals surface area contributed by atoms with Gasteiger partial charge in [0.15, 0.2) is 0 Å². The molecule has 6 saturated heterocycles. The second kappa shape index (κ2) is 12.7. The summed E-state index contributed by atoms with van der Waals surface area (Å²) in [5.41, 5.74) is 12.8. The van der Waals surface area contributed by atoms with Crippen LogP contribution in [0.15, 0.2) is 0 Å². The molecule has 0 saturated carbocycles. The standard InChI is InChI=1S/C29H52FN7O2/c1-2-29-9-3-5-21(30)19-37(16-10-29)24(17-29)25(26(31)32)27(38)34-22-18-33-11-6-23(22)35-14-7-20(8-15-35)28(39)36-12-4-13-36/h20-26,33H,2-19,31-32H2,1H3,(H,34,38). The lowest BCUT2D eigenvalue weighted by Gasteiger charge is -2.49. The van der Waals surface area contributed by atoms with E-state index in [0.29, 0.717) is 25.4 Å². The first-order valence-corrected chi connectivity index (χ1v) is 15.7. The highest BCUT2D eigenvalue weighted by molar-refractivity contribution is 5.81. The maximum absolute atomic E-state index is 14.9. The number of nitrogens with one attached hydrogen (secondary N) is 2. The summed E-state index contributed by atoms with van der Waals surface area (Å²) in [6.07, 6.45) is 7.60. The molecule has 0 aromatic rings. The van der Waals surface area contributed by atoms with Crippen LogP contribution in [0.4, 0.5) is 4.39 Å². The molecule has 7 atom stereocenters. The number of nitrogens with zero attached hydrogens (tertiary/aromatic N) is 3. The van der Waals surface area contributed by atoms with Gasteiger partial charge in [0.05, 0.1) is 18.1 Å². The Kier molecular flexibility index (Phi) is 9.48. The van der Waals surface area contributed by atoms with Gasteiger partial charge in [-0.15, -0.1) is 0 Å². The Morgan fingerprint density at radius 2 is 1.79 bits per heavy atom. The Balaban J connectivity index is 1.26. The van der Waals surface area contributed by atoms with Crippen molar-refractivity contribution in [3.63, 3.8) is 0 Å². The molecule has 6 fully saturated rings. The van der Waals surface area contributed by atoms with Crippen molar-refractivity contribution in [3.05, 3.63) is 0 Å². The Morgan fingerprint density at radius 3 is 2.46 bits per heavy atom. The van der Waals surface area contributed by atoms with E-state index < -0.39 is 18.3 Å². The van der Waals surface area contributed by atoms with Crippen molar-refractivity contribution in [2.75, 3.05) is 52.4 Å². The average molecular weight is 550 g/mol. The predicted octanol–water partition coefficient (Wildman–Crippen LogP) is 1.02. The number of amides is 2. The molecule has 7 unspecified atom stereocenters. The van der Waals surface area contributed by atoms with Crippen LogP contribution in [0.2, 0.25) is 0 Å². The molecule has 222 valence electrons. The summed E-state index contributed by atoms with van der Waals surface area (Å²) in [6.45, 7) is 8.60. The largest absolute Gasteiger partial charge is 0.350 e. The third-order valence-electron chi connectivity index (χ3n) is 10.9. The predicted molar refractivity (Wildman–Crippen MR) is 150 cm³/mol. The molecule has 6 N–H and O–H groups in total. The van der Waals surface area contributed by atoms with E-state index in [1.807, 2.05) is 4.90 Å². The van der Waals surface area contributed by atoms with E-state index in [2.05, 4.69) is 27.4 Å². The summed E-state index contributed by atoms with van der Waals surface area (Å²) in [7, 11) is 0. The Bertz CT molecular complexity index is 849. The van der Waals surface area contributed by atoms with Crippen LogP contribution in [0.25, 0.3) is 0 Å². The maximum Gasteiger partial charge on any atom is 0.227 e. The van der Waals surface area contributed by atoms with Gasteiger partial charge in [-0.05, 0) is 89.4 Å². The fourth-order valence-corrected chi connectivity index (χ4v) is 8.16. The molecule has 6 aliphatic heterocycles. The molecule has 0 aromatic heterocycles. The summed E-state index contributed by atoms with van der Waals surface area (Å²) >= 11 is 0. The van der Waals surface area contributed by atoms with Crippen LogP contribution in [-0.4, -0.2) is 109 Å². The van der Waals surface area contributed by atoms with E-state index in [0.717, 1.165) is 97.1 Å². The summed E-state index contributed by atoms with van der Waals surface area (Å²) < 4.78 is 14.9. The van der Waals surface area contributed by atoms with Crippen LogP contribution in [0.3, 0.4) is 0 Å². The van der Waals surface area contributed by atoms with Gasteiger partial charge >= 0.3 is 0 Å². The molecule has 39 heavy (non-hydrogen) atoms. The van der Waals surface area contributed by atoms with E-state index in [4.69, 9.17) is 11.5 Å². The molecule has 6 aliphatic rings. The second-order valence-electron chi connectivity index (χ2n) is 13.1. The number of nitrogens with two attached hydrogens (primary N) is 2. The first-order chi connectivity index (χ1) is 18.8. The highest BCUT2D eigenvalue weighted by atomic mass is 19.1. The van der Waals surface area contributed by atoms with Gasteiger partial charge in [0.25, 0.3) is 0 Å². The minimum atomic E-state index is -0.876. The van der Waals surface area contributed by atoms with Crippen LogP contribution >= 0.6 is 0 Å². The first-order valence-electron chi connectivity index (χ1n) is 15.7. The number of hydrogen-bond donors (Lipinski definition) is 4. The van der Waals surface area contributed by atoms with Gasteiger partial charge in [-0.2, -0.15) is 0 Å². The molecule has 9 nitrogen and oxygen atoms in total. The molecular formula is C29H52FN7O2. The molecular weight excluding hydrogens is 497 g/mol. The van der Waals surface area contributed by atoms with E-state index in [1.165, 1.54) is 0 Å².